The third kappa shape index (κ3) is 4.02. The van der Waals surface area contributed by atoms with Gasteiger partial charge in [-0.3, -0.25) is 0 Å². The van der Waals surface area contributed by atoms with Crippen LogP contribution >= 0.6 is 0 Å². The van der Waals surface area contributed by atoms with Gasteiger partial charge in [-0.15, -0.1) is 0 Å². The Bertz CT molecular complexity index is 512. The zero-order valence-electron chi connectivity index (χ0n) is 12.1. The van der Waals surface area contributed by atoms with Crippen molar-refractivity contribution in [1.82, 2.24) is 5.32 Å². The van der Waals surface area contributed by atoms with Crippen molar-refractivity contribution in [2.75, 3.05) is 19.5 Å². The fourth-order valence-corrected chi connectivity index (χ4v) is 2.64. The minimum absolute atomic E-state index is 0.108. The number of hydrogen-bond donors (Lipinski definition) is 3. The van der Waals surface area contributed by atoms with Gasteiger partial charge in [-0.05, 0) is 31.0 Å². The van der Waals surface area contributed by atoms with Crippen LogP contribution in [0.25, 0.3) is 0 Å². The largest absolute Gasteiger partial charge is 0.394 e. The van der Waals surface area contributed by atoms with Gasteiger partial charge in [0.2, 0.25) is 0 Å². The Labute approximate surface area is 120 Å². The molecular weight excluding hydrogens is 278 g/mol. The fourth-order valence-electron chi connectivity index (χ4n) is 2.01. The van der Waals surface area contributed by atoms with E-state index in [0.29, 0.717) is 6.42 Å². The fraction of sp³-hybridized carbons (Fsp3) is 0.571. The second kappa shape index (κ2) is 6.67. The van der Waals surface area contributed by atoms with Crippen LogP contribution in [0.1, 0.15) is 31.9 Å². The first-order valence-corrected chi connectivity index (χ1v) is 8.46. The van der Waals surface area contributed by atoms with Gasteiger partial charge in [0.05, 0.1) is 23.6 Å². The summed E-state index contributed by atoms with van der Waals surface area (Å²) in [5.74, 6) is 0. The van der Waals surface area contributed by atoms with E-state index in [9.17, 15) is 18.6 Å². The van der Waals surface area contributed by atoms with Crippen molar-refractivity contribution >= 4 is 9.84 Å². The highest BCUT2D eigenvalue weighted by Gasteiger charge is 2.28. The highest BCUT2D eigenvalue weighted by Crippen LogP contribution is 2.20. The summed E-state index contributed by atoms with van der Waals surface area (Å²) in [6.07, 6.45) is 1.76. The molecule has 1 atom stereocenters. The smallest absolute Gasteiger partial charge is 0.175 e. The first-order valence-electron chi connectivity index (χ1n) is 6.57. The van der Waals surface area contributed by atoms with Crippen molar-refractivity contribution in [3.8, 4) is 0 Å². The predicted octanol–water partition coefficient (Wildman–Crippen LogP) is 0.874. The van der Waals surface area contributed by atoms with E-state index in [1.807, 2.05) is 13.8 Å². The Kier molecular flexibility index (Phi) is 5.70. The third-order valence-electron chi connectivity index (χ3n) is 3.61. The number of hydrogen-bond acceptors (Lipinski definition) is 5. The SMILES string of the molecule is CCC(CO)(CO)NC(C)c1ccc(S(C)(=O)=O)cc1. The number of benzene rings is 1. The second-order valence-corrected chi connectivity index (χ2v) is 7.17. The molecule has 20 heavy (non-hydrogen) atoms. The molecule has 0 bridgehead atoms. The highest BCUT2D eigenvalue weighted by atomic mass is 32.2. The van der Waals surface area contributed by atoms with Crippen LogP contribution in [0.2, 0.25) is 0 Å². The molecule has 1 aromatic rings. The van der Waals surface area contributed by atoms with E-state index < -0.39 is 15.4 Å². The minimum atomic E-state index is -3.19. The van der Waals surface area contributed by atoms with Crippen LogP contribution in [0.3, 0.4) is 0 Å². The van der Waals surface area contributed by atoms with Crippen LogP contribution in [0.4, 0.5) is 0 Å². The summed E-state index contributed by atoms with van der Waals surface area (Å²) in [5.41, 5.74) is 0.173. The molecule has 0 heterocycles. The van der Waals surface area contributed by atoms with E-state index in [4.69, 9.17) is 0 Å². The quantitative estimate of drug-likeness (QED) is 0.696. The topological polar surface area (TPSA) is 86.6 Å². The lowest BCUT2D eigenvalue weighted by Crippen LogP contribution is -2.52. The van der Waals surface area contributed by atoms with Crippen LogP contribution in [0.5, 0.6) is 0 Å². The van der Waals surface area contributed by atoms with Crippen molar-refractivity contribution in [2.45, 2.75) is 36.7 Å². The standard InChI is InChI=1S/C14H23NO4S/c1-4-14(9-16,10-17)15-11(2)12-5-7-13(8-6-12)20(3,18)19/h5-8,11,15-17H,4,9-10H2,1-3H3. The van der Waals surface area contributed by atoms with Gasteiger partial charge in [-0.1, -0.05) is 19.1 Å². The zero-order chi connectivity index (χ0) is 15.4. The monoisotopic (exact) mass is 301 g/mol. The molecule has 1 rings (SSSR count). The molecule has 0 aromatic heterocycles. The van der Waals surface area contributed by atoms with Crippen molar-refractivity contribution in [2.24, 2.45) is 0 Å². The van der Waals surface area contributed by atoms with Crippen molar-refractivity contribution < 1.29 is 18.6 Å². The Balaban J connectivity index is 2.90. The van der Waals surface area contributed by atoms with E-state index >= 15 is 0 Å². The summed E-state index contributed by atoms with van der Waals surface area (Å²) in [7, 11) is -3.19. The van der Waals surface area contributed by atoms with Crippen molar-refractivity contribution in [3.63, 3.8) is 0 Å². The number of rotatable bonds is 7. The molecule has 0 radical (unpaired) electrons. The van der Waals surface area contributed by atoms with Gasteiger partial charge in [0.25, 0.3) is 0 Å². The third-order valence-corrected chi connectivity index (χ3v) is 4.74. The van der Waals surface area contributed by atoms with Gasteiger partial charge in [-0.25, -0.2) is 8.42 Å². The van der Waals surface area contributed by atoms with Crippen LogP contribution < -0.4 is 5.32 Å². The molecule has 3 N–H and O–H groups in total. The molecule has 0 spiro atoms. The van der Waals surface area contributed by atoms with Crippen LogP contribution in [-0.2, 0) is 9.84 Å². The lowest BCUT2D eigenvalue weighted by atomic mass is 9.95. The van der Waals surface area contributed by atoms with Crippen molar-refractivity contribution in [3.05, 3.63) is 29.8 Å². The molecule has 0 aliphatic rings. The lowest BCUT2D eigenvalue weighted by Gasteiger charge is -2.33. The minimum Gasteiger partial charge on any atom is -0.394 e. The van der Waals surface area contributed by atoms with Gasteiger partial charge in [0.15, 0.2) is 9.84 Å². The normalized spacial score (nSPS) is 14.2. The van der Waals surface area contributed by atoms with E-state index in [1.165, 1.54) is 6.26 Å². The maximum atomic E-state index is 11.4. The highest BCUT2D eigenvalue weighted by molar-refractivity contribution is 7.90. The van der Waals surface area contributed by atoms with Crippen molar-refractivity contribution in [1.29, 1.82) is 0 Å². The predicted molar refractivity (Wildman–Crippen MR) is 78.3 cm³/mol. The van der Waals surface area contributed by atoms with Gasteiger partial charge in [0.1, 0.15) is 0 Å². The lowest BCUT2D eigenvalue weighted by molar-refractivity contribution is 0.0793. The maximum absolute atomic E-state index is 11.4. The molecule has 0 amide bonds. The van der Waals surface area contributed by atoms with Gasteiger partial charge < -0.3 is 15.5 Å². The van der Waals surface area contributed by atoms with E-state index in [-0.39, 0.29) is 24.2 Å². The number of nitrogens with one attached hydrogen (secondary N) is 1. The molecule has 0 aliphatic carbocycles. The maximum Gasteiger partial charge on any atom is 0.175 e. The molecule has 5 nitrogen and oxygen atoms in total. The van der Waals surface area contributed by atoms with Crippen LogP contribution in [0.15, 0.2) is 29.2 Å². The Morgan fingerprint density at radius 3 is 2.05 bits per heavy atom. The second-order valence-electron chi connectivity index (χ2n) is 5.16. The molecule has 0 saturated carbocycles. The Morgan fingerprint density at radius 1 is 1.20 bits per heavy atom. The Morgan fingerprint density at radius 2 is 1.70 bits per heavy atom. The van der Waals surface area contributed by atoms with E-state index in [2.05, 4.69) is 5.32 Å². The van der Waals surface area contributed by atoms with E-state index in [0.717, 1.165) is 5.56 Å². The van der Waals surface area contributed by atoms with Gasteiger partial charge in [-0.2, -0.15) is 0 Å². The summed E-state index contributed by atoms with van der Waals surface area (Å²) in [5, 5.41) is 22.0. The van der Waals surface area contributed by atoms with E-state index in [1.54, 1.807) is 24.3 Å². The number of aliphatic hydroxyl groups is 2. The molecule has 114 valence electrons. The molecule has 0 saturated heterocycles. The average Bonchev–Trinajstić information content (AvgIpc) is 2.44. The molecule has 0 aliphatic heterocycles. The summed E-state index contributed by atoms with van der Waals surface area (Å²) in [6, 6.07) is 6.50. The number of sulfone groups is 1. The average molecular weight is 301 g/mol. The van der Waals surface area contributed by atoms with Gasteiger partial charge >= 0.3 is 0 Å². The molecule has 6 heteroatoms. The summed E-state index contributed by atoms with van der Waals surface area (Å²) >= 11 is 0. The summed E-state index contributed by atoms with van der Waals surface area (Å²) in [4.78, 5) is 0.277. The first-order chi connectivity index (χ1) is 9.28. The molecule has 1 unspecified atom stereocenters. The molecule has 0 fully saturated rings. The summed E-state index contributed by atoms with van der Waals surface area (Å²) < 4.78 is 22.8. The van der Waals surface area contributed by atoms with Crippen LogP contribution in [-0.4, -0.2) is 43.6 Å². The summed E-state index contributed by atoms with van der Waals surface area (Å²) in [6.45, 7) is 3.47. The number of aliphatic hydroxyl groups excluding tert-OH is 2. The molecule has 1 aromatic carbocycles. The van der Waals surface area contributed by atoms with Gasteiger partial charge in [0, 0.05) is 12.3 Å². The zero-order valence-corrected chi connectivity index (χ0v) is 12.9. The van der Waals surface area contributed by atoms with Crippen LogP contribution in [0, 0.1) is 0 Å². The molecular formula is C14H23NO4S. The first kappa shape index (κ1) is 17.1. The Hall–Kier alpha value is -0.950.